The summed E-state index contributed by atoms with van der Waals surface area (Å²) in [4.78, 5) is 26.9. The molecule has 148 valence electrons. The molecule has 6 nitrogen and oxygen atoms in total. The van der Waals surface area contributed by atoms with Crippen molar-refractivity contribution < 1.29 is 18.4 Å². The maximum absolute atomic E-state index is 13.4. The number of hydrogen-bond acceptors (Lipinski definition) is 5. The highest BCUT2D eigenvalue weighted by atomic mass is 32.1. The number of amides is 2. The SMILES string of the molecule is O=C(Nc1nnc(-c2ccc(F)cc2)s1)C1CCCN1C(=O)c1cccc(F)c1. The van der Waals surface area contributed by atoms with Gasteiger partial charge in [0.2, 0.25) is 11.0 Å². The van der Waals surface area contributed by atoms with Gasteiger partial charge in [0.05, 0.1) is 0 Å². The Morgan fingerprint density at radius 1 is 1.07 bits per heavy atom. The van der Waals surface area contributed by atoms with E-state index < -0.39 is 11.9 Å². The van der Waals surface area contributed by atoms with Crippen LogP contribution in [-0.4, -0.2) is 39.5 Å². The molecule has 0 radical (unpaired) electrons. The van der Waals surface area contributed by atoms with Crippen LogP contribution in [0.2, 0.25) is 0 Å². The predicted octanol–water partition coefficient (Wildman–Crippen LogP) is 3.73. The van der Waals surface area contributed by atoms with Gasteiger partial charge >= 0.3 is 0 Å². The summed E-state index contributed by atoms with van der Waals surface area (Å²) in [6.45, 7) is 0.421. The van der Waals surface area contributed by atoms with Crippen molar-refractivity contribution in [3.63, 3.8) is 0 Å². The smallest absolute Gasteiger partial charge is 0.254 e. The summed E-state index contributed by atoms with van der Waals surface area (Å²) in [5.74, 6) is -1.60. The van der Waals surface area contributed by atoms with Gasteiger partial charge in [-0.1, -0.05) is 17.4 Å². The normalized spacial score (nSPS) is 16.1. The van der Waals surface area contributed by atoms with E-state index in [0.29, 0.717) is 35.1 Å². The lowest BCUT2D eigenvalue weighted by molar-refractivity contribution is -0.119. The molecule has 1 unspecified atom stereocenters. The number of carbonyl (C=O) groups excluding carboxylic acids is 2. The molecule has 0 saturated carbocycles. The van der Waals surface area contributed by atoms with Crippen LogP contribution in [0, 0.1) is 11.6 Å². The van der Waals surface area contributed by atoms with E-state index in [-0.39, 0.29) is 23.2 Å². The third-order valence-electron chi connectivity index (χ3n) is 4.63. The molecule has 2 amide bonds. The highest BCUT2D eigenvalue weighted by Gasteiger charge is 2.35. The summed E-state index contributed by atoms with van der Waals surface area (Å²) in [5.41, 5.74) is 0.896. The summed E-state index contributed by atoms with van der Waals surface area (Å²) in [7, 11) is 0. The second kappa shape index (κ2) is 8.04. The molecule has 0 aliphatic carbocycles. The Morgan fingerprint density at radius 3 is 2.62 bits per heavy atom. The first kappa shape index (κ1) is 19.1. The molecule has 29 heavy (non-hydrogen) atoms. The van der Waals surface area contributed by atoms with Gasteiger partial charge in [-0.2, -0.15) is 0 Å². The fourth-order valence-corrected chi connectivity index (χ4v) is 3.99. The van der Waals surface area contributed by atoms with E-state index in [9.17, 15) is 18.4 Å². The predicted molar refractivity (Wildman–Crippen MR) is 104 cm³/mol. The van der Waals surface area contributed by atoms with Crippen LogP contribution in [0.1, 0.15) is 23.2 Å². The van der Waals surface area contributed by atoms with Gasteiger partial charge in [0.15, 0.2) is 0 Å². The van der Waals surface area contributed by atoms with Gasteiger partial charge in [0, 0.05) is 17.7 Å². The molecule has 3 aromatic rings. The summed E-state index contributed by atoms with van der Waals surface area (Å²) in [6, 6.07) is 10.6. The number of aromatic nitrogens is 2. The van der Waals surface area contributed by atoms with Gasteiger partial charge in [0.25, 0.3) is 5.91 Å². The van der Waals surface area contributed by atoms with Crippen molar-refractivity contribution in [3.05, 3.63) is 65.7 Å². The number of benzene rings is 2. The first-order chi connectivity index (χ1) is 14.0. The highest BCUT2D eigenvalue weighted by Crippen LogP contribution is 2.28. The van der Waals surface area contributed by atoms with Crippen LogP contribution < -0.4 is 5.32 Å². The Labute approximate surface area is 169 Å². The Kier molecular flexibility index (Phi) is 5.30. The average molecular weight is 414 g/mol. The molecule has 0 spiro atoms. The van der Waals surface area contributed by atoms with Gasteiger partial charge in [-0.25, -0.2) is 8.78 Å². The highest BCUT2D eigenvalue weighted by molar-refractivity contribution is 7.18. The summed E-state index contributed by atoms with van der Waals surface area (Å²) >= 11 is 1.16. The Bertz CT molecular complexity index is 1050. The number of nitrogens with one attached hydrogen (secondary N) is 1. The monoisotopic (exact) mass is 414 g/mol. The Morgan fingerprint density at radius 2 is 1.86 bits per heavy atom. The second-order valence-corrected chi connectivity index (χ2v) is 7.55. The molecule has 2 heterocycles. The number of rotatable bonds is 4. The third-order valence-corrected chi connectivity index (χ3v) is 5.52. The molecular weight excluding hydrogens is 398 g/mol. The maximum Gasteiger partial charge on any atom is 0.254 e. The van der Waals surface area contributed by atoms with E-state index in [2.05, 4.69) is 15.5 Å². The van der Waals surface area contributed by atoms with Crippen molar-refractivity contribution in [2.75, 3.05) is 11.9 Å². The van der Waals surface area contributed by atoms with E-state index in [1.807, 2.05) is 0 Å². The van der Waals surface area contributed by atoms with E-state index >= 15 is 0 Å². The summed E-state index contributed by atoms with van der Waals surface area (Å²) in [5, 5.41) is 11.5. The molecule has 2 aromatic carbocycles. The molecule has 0 bridgehead atoms. The van der Waals surface area contributed by atoms with Gasteiger partial charge in [0.1, 0.15) is 22.7 Å². The molecule has 1 N–H and O–H groups in total. The zero-order valence-corrected chi connectivity index (χ0v) is 16.0. The van der Waals surface area contributed by atoms with Crippen molar-refractivity contribution in [2.24, 2.45) is 0 Å². The largest absolute Gasteiger partial charge is 0.327 e. The van der Waals surface area contributed by atoms with Crippen molar-refractivity contribution >= 4 is 28.3 Å². The zero-order valence-electron chi connectivity index (χ0n) is 15.1. The van der Waals surface area contributed by atoms with E-state index in [1.54, 1.807) is 12.1 Å². The van der Waals surface area contributed by atoms with Crippen LogP contribution >= 0.6 is 11.3 Å². The van der Waals surface area contributed by atoms with Crippen LogP contribution in [0.15, 0.2) is 48.5 Å². The first-order valence-electron chi connectivity index (χ1n) is 8.98. The van der Waals surface area contributed by atoms with Gasteiger partial charge < -0.3 is 4.90 Å². The molecule has 1 aliphatic heterocycles. The fraction of sp³-hybridized carbons (Fsp3) is 0.200. The summed E-state index contributed by atoms with van der Waals surface area (Å²) < 4.78 is 26.5. The Hall–Kier alpha value is -3.20. The lowest BCUT2D eigenvalue weighted by Gasteiger charge is -2.23. The minimum atomic E-state index is -0.663. The van der Waals surface area contributed by atoms with Gasteiger partial charge in [-0.3, -0.25) is 14.9 Å². The molecule has 9 heteroatoms. The van der Waals surface area contributed by atoms with E-state index in [0.717, 1.165) is 17.4 Å². The zero-order chi connectivity index (χ0) is 20.4. The number of hydrogen-bond donors (Lipinski definition) is 1. The van der Waals surface area contributed by atoms with Gasteiger partial charge in [-0.15, -0.1) is 10.2 Å². The number of carbonyl (C=O) groups is 2. The van der Waals surface area contributed by atoms with Crippen LogP contribution in [0.25, 0.3) is 10.6 Å². The first-order valence-corrected chi connectivity index (χ1v) is 9.80. The number of nitrogens with zero attached hydrogens (tertiary/aromatic N) is 3. The lowest BCUT2D eigenvalue weighted by atomic mass is 10.1. The van der Waals surface area contributed by atoms with Crippen LogP contribution in [-0.2, 0) is 4.79 Å². The van der Waals surface area contributed by atoms with Gasteiger partial charge in [-0.05, 0) is 55.3 Å². The molecule has 1 atom stereocenters. The fourth-order valence-electron chi connectivity index (χ4n) is 3.24. The van der Waals surface area contributed by atoms with E-state index in [4.69, 9.17) is 0 Å². The maximum atomic E-state index is 13.4. The number of halogens is 2. The van der Waals surface area contributed by atoms with Crippen molar-refractivity contribution in [1.29, 1.82) is 0 Å². The Balaban J connectivity index is 1.46. The lowest BCUT2D eigenvalue weighted by Crippen LogP contribution is -2.43. The second-order valence-electron chi connectivity index (χ2n) is 6.58. The van der Waals surface area contributed by atoms with Crippen LogP contribution in [0.5, 0.6) is 0 Å². The standard InChI is InChI=1S/C20H16F2N4O2S/c21-14-8-6-12(7-9-14)18-24-25-20(29-18)23-17(27)16-5-2-10-26(16)19(28)13-3-1-4-15(22)11-13/h1,3-4,6-9,11,16H,2,5,10H2,(H,23,25,27). The topological polar surface area (TPSA) is 75.2 Å². The molecule has 1 saturated heterocycles. The number of anilines is 1. The minimum Gasteiger partial charge on any atom is -0.327 e. The molecular formula is C20H16F2N4O2S. The van der Waals surface area contributed by atoms with Crippen LogP contribution in [0.3, 0.4) is 0 Å². The molecule has 4 rings (SSSR count). The van der Waals surface area contributed by atoms with Crippen molar-refractivity contribution in [1.82, 2.24) is 15.1 Å². The molecule has 1 fully saturated rings. The van der Waals surface area contributed by atoms with Crippen molar-refractivity contribution in [2.45, 2.75) is 18.9 Å². The molecule has 1 aliphatic rings. The average Bonchev–Trinajstić information content (AvgIpc) is 3.38. The minimum absolute atomic E-state index is 0.208. The molecule has 1 aromatic heterocycles. The van der Waals surface area contributed by atoms with Crippen LogP contribution in [0.4, 0.5) is 13.9 Å². The number of likely N-dealkylation sites (tertiary alicyclic amines) is 1. The summed E-state index contributed by atoms with van der Waals surface area (Å²) in [6.07, 6.45) is 1.19. The van der Waals surface area contributed by atoms with Crippen molar-refractivity contribution in [3.8, 4) is 10.6 Å². The quantitative estimate of drug-likeness (QED) is 0.706. The third kappa shape index (κ3) is 4.14. The van der Waals surface area contributed by atoms with E-state index in [1.165, 1.54) is 35.2 Å².